The van der Waals surface area contributed by atoms with Crippen molar-refractivity contribution < 1.29 is 14.7 Å². The van der Waals surface area contributed by atoms with Crippen LogP contribution >= 0.6 is 31.9 Å². The van der Waals surface area contributed by atoms with Gasteiger partial charge in [0.2, 0.25) is 5.91 Å². The summed E-state index contributed by atoms with van der Waals surface area (Å²) in [5.74, 6) is -1.59. The standard InChI is InChI=1S/C12H11Br2NO3/c13-9-1-2-10(14)7(3-9)5-15-6-8(12(17)18)4-11(15)16/h1-3,8H,4-6H2,(H,17,18). The van der Waals surface area contributed by atoms with Gasteiger partial charge in [0.15, 0.2) is 0 Å². The number of hydrogen-bond donors (Lipinski definition) is 1. The molecule has 1 N–H and O–H groups in total. The van der Waals surface area contributed by atoms with Crippen molar-refractivity contribution in [1.82, 2.24) is 4.90 Å². The van der Waals surface area contributed by atoms with E-state index >= 15 is 0 Å². The minimum Gasteiger partial charge on any atom is -0.481 e. The zero-order valence-corrected chi connectivity index (χ0v) is 12.6. The van der Waals surface area contributed by atoms with Crippen LogP contribution in [0.3, 0.4) is 0 Å². The zero-order chi connectivity index (χ0) is 13.3. The van der Waals surface area contributed by atoms with Gasteiger partial charge in [-0.3, -0.25) is 9.59 Å². The van der Waals surface area contributed by atoms with E-state index in [9.17, 15) is 9.59 Å². The van der Waals surface area contributed by atoms with Gasteiger partial charge < -0.3 is 10.0 Å². The Morgan fingerprint density at radius 1 is 1.44 bits per heavy atom. The molecule has 1 fully saturated rings. The average molecular weight is 377 g/mol. The molecular weight excluding hydrogens is 366 g/mol. The maximum absolute atomic E-state index is 11.7. The molecule has 0 spiro atoms. The largest absolute Gasteiger partial charge is 0.481 e. The van der Waals surface area contributed by atoms with E-state index in [1.807, 2.05) is 18.2 Å². The number of rotatable bonds is 3. The molecule has 4 nitrogen and oxygen atoms in total. The predicted octanol–water partition coefficient (Wildman–Crippen LogP) is 2.64. The lowest BCUT2D eigenvalue weighted by Crippen LogP contribution is -2.25. The molecule has 2 rings (SSSR count). The predicted molar refractivity (Wildman–Crippen MR) is 73.0 cm³/mol. The van der Waals surface area contributed by atoms with Crippen molar-refractivity contribution in [3.05, 3.63) is 32.7 Å². The fourth-order valence-corrected chi connectivity index (χ4v) is 2.74. The highest BCUT2D eigenvalue weighted by atomic mass is 79.9. The third-order valence-corrected chi connectivity index (χ3v) is 4.20. The van der Waals surface area contributed by atoms with E-state index in [4.69, 9.17) is 5.11 Å². The Bertz CT molecular complexity index is 504. The second-order valence-electron chi connectivity index (χ2n) is 4.25. The molecule has 1 aromatic carbocycles. The molecule has 1 aliphatic heterocycles. The normalized spacial score (nSPS) is 19.3. The van der Waals surface area contributed by atoms with Crippen molar-refractivity contribution in [2.24, 2.45) is 5.92 Å². The molecular formula is C12H11Br2NO3. The fraction of sp³-hybridized carbons (Fsp3) is 0.333. The summed E-state index contributed by atoms with van der Waals surface area (Å²) >= 11 is 6.80. The maximum atomic E-state index is 11.7. The molecule has 96 valence electrons. The van der Waals surface area contributed by atoms with Gasteiger partial charge in [-0.15, -0.1) is 0 Å². The van der Waals surface area contributed by atoms with Crippen molar-refractivity contribution in [3.63, 3.8) is 0 Å². The van der Waals surface area contributed by atoms with Gasteiger partial charge in [0.1, 0.15) is 0 Å². The second kappa shape index (κ2) is 5.40. The molecule has 1 unspecified atom stereocenters. The molecule has 1 atom stereocenters. The highest BCUT2D eigenvalue weighted by molar-refractivity contribution is 9.11. The number of amides is 1. The number of aliphatic carboxylic acids is 1. The van der Waals surface area contributed by atoms with E-state index in [0.29, 0.717) is 6.54 Å². The Morgan fingerprint density at radius 2 is 2.17 bits per heavy atom. The molecule has 6 heteroatoms. The van der Waals surface area contributed by atoms with Gasteiger partial charge in [-0.05, 0) is 23.8 Å². The van der Waals surface area contributed by atoms with E-state index in [0.717, 1.165) is 14.5 Å². The molecule has 0 saturated carbocycles. The van der Waals surface area contributed by atoms with Gasteiger partial charge in [0.05, 0.1) is 5.92 Å². The van der Waals surface area contributed by atoms with Crippen LogP contribution in [0, 0.1) is 5.92 Å². The van der Waals surface area contributed by atoms with Gasteiger partial charge in [0.25, 0.3) is 0 Å². The van der Waals surface area contributed by atoms with Crippen molar-refractivity contribution in [2.75, 3.05) is 6.54 Å². The topological polar surface area (TPSA) is 57.6 Å². The minimum atomic E-state index is -0.904. The minimum absolute atomic E-state index is 0.0982. The van der Waals surface area contributed by atoms with Gasteiger partial charge in [-0.1, -0.05) is 31.9 Å². The first kappa shape index (κ1) is 13.5. The lowest BCUT2D eigenvalue weighted by atomic mass is 10.1. The van der Waals surface area contributed by atoms with Crippen LogP contribution in [0.5, 0.6) is 0 Å². The molecule has 0 aromatic heterocycles. The highest BCUT2D eigenvalue weighted by Crippen LogP contribution is 2.26. The number of halogens is 2. The third-order valence-electron chi connectivity index (χ3n) is 2.93. The smallest absolute Gasteiger partial charge is 0.308 e. The van der Waals surface area contributed by atoms with Crippen LogP contribution in [0.4, 0.5) is 0 Å². The van der Waals surface area contributed by atoms with Crippen LogP contribution in [0.25, 0.3) is 0 Å². The molecule has 0 bridgehead atoms. The number of carboxylic acids is 1. The number of nitrogens with zero attached hydrogens (tertiary/aromatic N) is 1. The Balaban J connectivity index is 2.12. The van der Waals surface area contributed by atoms with E-state index in [-0.39, 0.29) is 18.9 Å². The summed E-state index contributed by atoms with van der Waals surface area (Å²) < 4.78 is 1.85. The van der Waals surface area contributed by atoms with Crippen molar-refractivity contribution in [1.29, 1.82) is 0 Å². The summed E-state index contributed by atoms with van der Waals surface area (Å²) in [4.78, 5) is 24.2. The molecule has 0 radical (unpaired) electrons. The van der Waals surface area contributed by atoms with Crippen LogP contribution in [0.2, 0.25) is 0 Å². The van der Waals surface area contributed by atoms with Gasteiger partial charge in [0, 0.05) is 28.5 Å². The summed E-state index contributed by atoms with van der Waals surface area (Å²) in [6.45, 7) is 0.718. The van der Waals surface area contributed by atoms with Gasteiger partial charge in [-0.25, -0.2) is 0 Å². The first-order chi connectivity index (χ1) is 8.47. The van der Waals surface area contributed by atoms with E-state index in [1.165, 1.54) is 0 Å². The molecule has 1 aliphatic rings. The van der Waals surface area contributed by atoms with Gasteiger partial charge >= 0.3 is 5.97 Å². The van der Waals surface area contributed by atoms with Crippen molar-refractivity contribution in [2.45, 2.75) is 13.0 Å². The third kappa shape index (κ3) is 2.92. The lowest BCUT2D eigenvalue weighted by Gasteiger charge is -2.17. The Kier molecular flexibility index (Phi) is 4.07. The van der Waals surface area contributed by atoms with Crippen molar-refractivity contribution in [3.8, 4) is 0 Å². The first-order valence-electron chi connectivity index (χ1n) is 5.42. The van der Waals surface area contributed by atoms with Crippen LogP contribution in [-0.4, -0.2) is 28.4 Å². The SMILES string of the molecule is O=C(O)C1CC(=O)N(Cc2cc(Br)ccc2Br)C1. The van der Waals surface area contributed by atoms with E-state index in [2.05, 4.69) is 31.9 Å². The summed E-state index contributed by atoms with van der Waals surface area (Å²) in [6, 6.07) is 5.72. The maximum Gasteiger partial charge on any atom is 0.308 e. The van der Waals surface area contributed by atoms with Crippen LogP contribution in [0.1, 0.15) is 12.0 Å². The number of hydrogen-bond acceptors (Lipinski definition) is 2. The molecule has 1 saturated heterocycles. The Labute approximate surface area is 121 Å². The summed E-state index contributed by atoms with van der Waals surface area (Å²) in [7, 11) is 0. The number of carbonyl (C=O) groups is 2. The van der Waals surface area contributed by atoms with Crippen LogP contribution < -0.4 is 0 Å². The van der Waals surface area contributed by atoms with Gasteiger partial charge in [-0.2, -0.15) is 0 Å². The molecule has 0 aliphatic carbocycles. The van der Waals surface area contributed by atoms with Crippen molar-refractivity contribution >= 4 is 43.7 Å². The summed E-state index contributed by atoms with van der Waals surface area (Å²) in [5, 5.41) is 8.92. The quantitative estimate of drug-likeness (QED) is 0.882. The van der Waals surface area contributed by atoms with Crippen LogP contribution in [0.15, 0.2) is 27.1 Å². The molecule has 1 aromatic rings. The number of benzene rings is 1. The number of carboxylic acid groups (broad SMARTS) is 1. The Morgan fingerprint density at radius 3 is 2.78 bits per heavy atom. The lowest BCUT2D eigenvalue weighted by molar-refractivity contribution is -0.141. The second-order valence-corrected chi connectivity index (χ2v) is 6.02. The number of carbonyl (C=O) groups excluding carboxylic acids is 1. The first-order valence-corrected chi connectivity index (χ1v) is 7.00. The monoisotopic (exact) mass is 375 g/mol. The van der Waals surface area contributed by atoms with E-state index < -0.39 is 11.9 Å². The molecule has 1 heterocycles. The molecule has 1 amide bonds. The zero-order valence-electron chi connectivity index (χ0n) is 9.40. The summed E-state index contributed by atoms with van der Waals surface area (Å²) in [6.07, 6.45) is 0.0982. The van der Waals surface area contributed by atoms with E-state index in [1.54, 1.807) is 4.90 Å². The van der Waals surface area contributed by atoms with Crippen LogP contribution in [-0.2, 0) is 16.1 Å². The highest BCUT2D eigenvalue weighted by Gasteiger charge is 2.34. The Hall–Kier alpha value is -0.880. The number of likely N-dealkylation sites (tertiary alicyclic amines) is 1. The fourth-order valence-electron chi connectivity index (χ4n) is 1.96. The summed E-state index contributed by atoms with van der Waals surface area (Å²) in [5.41, 5.74) is 0.962. The molecule has 18 heavy (non-hydrogen) atoms. The average Bonchev–Trinajstić information content (AvgIpc) is 2.66.